The zero-order chi connectivity index (χ0) is 12.7. The number of hydrogen-bond donors (Lipinski definition) is 1. The van der Waals surface area contributed by atoms with Crippen LogP contribution in [0.2, 0.25) is 5.02 Å². The van der Waals surface area contributed by atoms with Crippen LogP contribution in [0.4, 0.5) is 10.2 Å². The second-order valence-electron chi connectivity index (χ2n) is 4.44. The third kappa shape index (κ3) is 2.16. The van der Waals surface area contributed by atoms with Gasteiger partial charge in [0.15, 0.2) is 5.82 Å². The summed E-state index contributed by atoms with van der Waals surface area (Å²) in [6, 6.07) is 6.30. The summed E-state index contributed by atoms with van der Waals surface area (Å²) >= 11 is 5.65. The average Bonchev–Trinajstić information content (AvgIpc) is 3.16. The summed E-state index contributed by atoms with van der Waals surface area (Å²) in [5.74, 6) is 0.865. The number of nitrogen functional groups attached to an aromatic ring is 1. The van der Waals surface area contributed by atoms with E-state index < -0.39 is 5.82 Å². The molecule has 0 atom stereocenters. The van der Waals surface area contributed by atoms with Crippen molar-refractivity contribution in [3.63, 3.8) is 0 Å². The summed E-state index contributed by atoms with van der Waals surface area (Å²) in [5.41, 5.74) is 7.29. The second-order valence-corrected chi connectivity index (χ2v) is 4.85. The monoisotopic (exact) mass is 263 g/mol. The molecule has 0 aliphatic heterocycles. The van der Waals surface area contributed by atoms with Crippen LogP contribution in [0.25, 0.3) is 11.4 Å². The van der Waals surface area contributed by atoms with Gasteiger partial charge in [-0.1, -0.05) is 11.6 Å². The minimum atomic E-state index is -0.479. The number of anilines is 1. The molecule has 1 aliphatic rings. The Morgan fingerprint density at radius 3 is 2.67 bits per heavy atom. The maximum Gasteiger partial charge on any atom is 0.161 e. The molecule has 1 fully saturated rings. The lowest BCUT2D eigenvalue weighted by Gasteiger charge is -2.05. The highest BCUT2D eigenvalue weighted by Gasteiger charge is 2.26. The molecule has 2 aromatic rings. The van der Waals surface area contributed by atoms with Crippen molar-refractivity contribution in [3.05, 3.63) is 40.8 Å². The fourth-order valence-corrected chi connectivity index (χ4v) is 1.96. The lowest BCUT2D eigenvalue weighted by Crippen LogP contribution is -1.99. The predicted molar refractivity (Wildman–Crippen MR) is 68.8 cm³/mol. The molecule has 1 aliphatic carbocycles. The van der Waals surface area contributed by atoms with E-state index in [0.717, 1.165) is 18.5 Å². The molecule has 5 heteroatoms. The molecule has 0 unspecified atom stereocenters. The van der Waals surface area contributed by atoms with Crippen LogP contribution in [0.5, 0.6) is 0 Å². The number of nitrogens with zero attached hydrogens (tertiary/aromatic N) is 2. The van der Waals surface area contributed by atoms with Crippen molar-refractivity contribution >= 4 is 17.4 Å². The van der Waals surface area contributed by atoms with Gasteiger partial charge in [-0.05, 0) is 31.0 Å². The average molecular weight is 264 g/mol. The van der Waals surface area contributed by atoms with Crippen molar-refractivity contribution in [1.82, 2.24) is 9.97 Å². The predicted octanol–water partition coefficient (Wildman–Crippen LogP) is 3.40. The van der Waals surface area contributed by atoms with Gasteiger partial charge >= 0.3 is 0 Å². The third-order valence-electron chi connectivity index (χ3n) is 2.94. The van der Waals surface area contributed by atoms with Crippen LogP contribution in [-0.2, 0) is 0 Å². The molecule has 0 spiro atoms. The molecule has 3 rings (SSSR count). The standard InChI is InChI=1S/C13H11ClFN3/c14-9-4-3-8(5-10(9)15)13-17-11(7-1-2-7)6-12(16)18-13/h3-7H,1-2H2,(H2,16,17,18). The Labute approximate surface area is 109 Å². The molecule has 3 nitrogen and oxygen atoms in total. The second kappa shape index (κ2) is 4.21. The van der Waals surface area contributed by atoms with Crippen LogP contribution in [-0.4, -0.2) is 9.97 Å². The van der Waals surface area contributed by atoms with Gasteiger partial charge in [0.2, 0.25) is 0 Å². The van der Waals surface area contributed by atoms with E-state index in [4.69, 9.17) is 17.3 Å². The summed E-state index contributed by atoms with van der Waals surface area (Å²) in [6.45, 7) is 0. The van der Waals surface area contributed by atoms with Crippen molar-refractivity contribution in [1.29, 1.82) is 0 Å². The van der Waals surface area contributed by atoms with Crippen molar-refractivity contribution in [2.75, 3.05) is 5.73 Å². The molecule has 0 bridgehead atoms. The zero-order valence-corrected chi connectivity index (χ0v) is 10.3. The highest BCUT2D eigenvalue weighted by atomic mass is 35.5. The highest BCUT2D eigenvalue weighted by Crippen LogP contribution is 2.40. The SMILES string of the molecule is Nc1cc(C2CC2)nc(-c2ccc(Cl)c(F)c2)n1. The molecule has 1 aromatic heterocycles. The zero-order valence-electron chi connectivity index (χ0n) is 9.53. The van der Waals surface area contributed by atoms with Crippen LogP contribution >= 0.6 is 11.6 Å². The highest BCUT2D eigenvalue weighted by molar-refractivity contribution is 6.30. The number of rotatable bonds is 2. The third-order valence-corrected chi connectivity index (χ3v) is 3.25. The number of aromatic nitrogens is 2. The largest absolute Gasteiger partial charge is 0.384 e. The molecule has 1 aromatic carbocycles. The van der Waals surface area contributed by atoms with E-state index in [9.17, 15) is 4.39 Å². The lowest BCUT2D eigenvalue weighted by atomic mass is 10.2. The van der Waals surface area contributed by atoms with Gasteiger partial charge in [-0.15, -0.1) is 0 Å². The van der Waals surface area contributed by atoms with Gasteiger partial charge in [-0.2, -0.15) is 0 Å². The molecule has 0 radical (unpaired) electrons. The van der Waals surface area contributed by atoms with Crippen LogP contribution in [0.15, 0.2) is 24.3 Å². The lowest BCUT2D eigenvalue weighted by molar-refractivity contribution is 0.628. The fraction of sp³-hybridized carbons (Fsp3) is 0.231. The first-order valence-electron chi connectivity index (χ1n) is 5.73. The summed E-state index contributed by atoms with van der Waals surface area (Å²) in [7, 11) is 0. The maximum atomic E-state index is 13.4. The first kappa shape index (κ1) is 11.4. The van der Waals surface area contributed by atoms with Gasteiger partial charge in [0, 0.05) is 23.2 Å². The Morgan fingerprint density at radius 2 is 2.00 bits per heavy atom. The summed E-state index contributed by atoms with van der Waals surface area (Å²) in [4.78, 5) is 8.58. The summed E-state index contributed by atoms with van der Waals surface area (Å²) in [5, 5.41) is 0.0880. The van der Waals surface area contributed by atoms with Crippen LogP contribution in [0.3, 0.4) is 0 Å². The number of benzene rings is 1. The molecule has 18 heavy (non-hydrogen) atoms. The summed E-state index contributed by atoms with van der Waals surface area (Å²) < 4.78 is 13.4. The van der Waals surface area contributed by atoms with Gasteiger partial charge in [-0.25, -0.2) is 14.4 Å². The Morgan fingerprint density at radius 1 is 1.22 bits per heavy atom. The number of halogens is 2. The molecular weight excluding hydrogens is 253 g/mol. The van der Waals surface area contributed by atoms with E-state index in [1.807, 2.05) is 0 Å². The van der Waals surface area contributed by atoms with Crippen LogP contribution < -0.4 is 5.73 Å². The van der Waals surface area contributed by atoms with E-state index in [1.165, 1.54) is 12.1 Å². The quantitative estimate of drug-likeness (QED) is 0.903. The van der Waals surface area contributed by atoms with E-state index in [-0.39, 0.29) is 5.02 Å². The Kier molecular flexibility index (Phi) is 2.67. The van der Waals surface area contributed by atoms with E-state index in [1.54, 1.807) is 12.1 Å². The van der Waals surface area contributed by atoms with Gasteiger partial charge in [0.25, 0.3) is 0 Å². The fourth-order valence-electron chi connectivity index (χ4n) is 1.84. The van der Waals surface area contributed by atoms with Gasteiger partial charge < -0.3 is 5.73 Å². The Bertz CT molecular complexity index is 611. The number of hydrogen-bond acceptors (Lipinski definition) is 3. The minimum absolute atomic E-state index is 0.0880. The molecule has 2 N–H and O–H groups in total. The molecular formula is C13H11ClFN3. The molecule has 0 amide bonds. The van der Waals surface area contributed by atoms with Crippen molar-refractivity contribution < 1.29 is 4.39 Å². The molecule has 1 saturated carbocycles. The number of nitrogens with two attached hydrogens (primary N) is 1. The van der Waals surface area contributed by atoms with E-state index in [0.29, 0.717) is 23.1 Å². The summed E-state index contributed by atoms with van der Waals surface area (Å²) in [6.07, 6.45) is 2.26. The normalized spacial score (nSPS) is 14.8. The topological polar surface area (TPSA) is 51.8 Å². The van der Waals surface area contributed by atoms with Crippen LogP contribution in [0.1, 0.15) is 24.5 Å². The van der Waals surface area contributed by atoms with Gasteiger partial charge in [0.1, 0.15) is 11.6 Å². The van der Waals surface area contributed by atoms with E-state index in [2.05, 4.69) is 9.97 Å². The minimum Gasteiger partial charge on any atom is -0.384 e. The Balaban J connectivity index is 2.07. The van der Waals surface area contributed by atoms with Crippen molar-refractivity contribution in [2.45, 2.75) is 18.8 Å². The van der Waals surface area contributed by atoms with Crippen molar-refractivity contribution in [2.24, 2.45) is 0 Å². The Hall–Kier alpha value is -1.68. The van der Waals surface area contributed by atoms with E-state index >= 15 is 0 Å². The molecule has 0 saturated heterocycles. The first-order chi connectivity index (χ1) is 8.63. The smallest absolute Gasteiger partial charge is 0.161 e. The maximum absolute atomic E-state index is 13.4. The van der Waals surface area contributed by atoms with Crippen LogP contribution in [0, 0.1) is 5.82 Å². The van der Waals surface area contributed by atoms with Crippen molar-refractivity contribution in [3.8, 4) is 11.4 Å². The molecule has 92 valence electrons. The first-order valence-corrected chi connectivity index (χ1v) is 6.11. The van der Waals surface area contributed by atoms with Gasteiger partial charge in [0.05, 0.1) is 5.02 Å². The molecule has 1 heterocycles. The van der Waals surface area contributed by atoms with Gasteiger partial charge in [-0.3, -0.25) is 0 Å².